The van der Waals surface area contributed by atoms with E-state index >= 15 is 0 Å². The molecule has 1 aliphatic heterocycles. The second-order valence-electron chi connectivity index (χ2n) is 5.52. The van der Waals surface area contributed by atoms with Gasteiger partial charge in [-0.05, 0) is 24.5 Å². The van der Waals surface area contributed by atoms with Crippen molar-refractivity contribution in [2.24, 2.45) is 5.92 Å². The molecule has 4 nitrogen and oxygen atoms in total. The van der Waals surface area contributed by atoms with Crippen molar-refractivity contribution in [3.8, 4) is 0 Å². The number of alkyl halides is 3. The van der Waals surface area contributed by atoms with Gasteiger partial charge in [-0.25, -0.2) is 0 Å². The molecule has 0 bridgehead atoms. The topological polar surface area (TPSA) is 46.6 Å². The fourth-order valence-electron chi connectivity index (χ4n) is 3.08. The van der Waals surface area contributed by atoms with Crippen LogP contribution >= 0.6 is 0 Å². The van der Waals surface area contributed by atoms with E-state index in [2.05, 4.69) is 4.74 Å². The Morgan fingerprint density at radius 3 is 2.57 bits per heavy atom. The number of hydrogen-bond acceptors (Lipinski definition) is 3. The molecular weight excluding hydrogens is 311 g/mol. The van der Waals surface area contributed by atoms with Gasteiger partial charge in [-0.1, -0.05) is 25.1 Å². The van der Waals surface area contributed by atoms with Gasteiger partial charge in [-0.3, -0.25) is 9.59 Å². The summed E-state index contributed by atoms with van der Waals surface area (Å²) in [6.45, 7) is 3.58. The quantitative estimate of drug-likeness (QED) is 0.797. The Kier molecular flexibility index (Phi) is 4.68. The number of carbonyl (C=O) groups excluding carboxylic acids is 2. The molecule has 0 aliphatic carbocycles. The Morgan fingerprint density at radius 2 is 2.04 bits per heavy atom. The van der Waals surface area contributed by atoms with Gasteiger partial charge in [0, 0.05) is 12.1 Å². The average Bonchev–Trinajstić information content (AvgIpc) is 2.73. The first-order chi connectivity index (χ1) is 10.7. The van der Waals surface area contributed by atoms with Crippen molar-refractivity contribution < 1.29 is 27.5 Å². The maximum Gasteiger partial charge on any atom is 0.404 e. The van der Waals surface area contributed by atoms with E-state index in [9.17, 15) is 22.8 Å². The molecule has 23 heavy (non-hydrogen) atoms. The second kappa shape index (κ2) is 6.22. The van der Waals surface area contributed by atoms with Gasteiger partial charge >= 0.3 is 12.1 Å². The summed E-state index contributed by atoms with van der Waals surface area (Å²) in [7, 11) is 0.916. The molecule has 126 valence electrons. The fraction of sp³-hybridized carbons (Fsp3) is 0.500. The van der Waals surface area contributed by atoms with Crippen molar-refractivity contribution in [3.63, 3.8) is 0 Å². The molecule has 0 saturated heterocycles. The molecule has 1 aromatic carbocycles. The number of rotatable bonds is 4. The van der Waals surface area contributed by atoms with Gasteiger partial charge in [-0.15, -0.1) is 0 Å². The minimum atomic E-state index is -4.81. The highest BCUT2D eigenvalue weighted by molar-refractivity contribution is 6.01. The highest BCUT2D eigenvalue weighted by atomic mass is 19.4. The summed E-state index contributed by atoms with van der Waals surface area (Å²) in [5.74, 6) is -4.25. The van der Waals surface area contributed by atoms with Crippen molar-refractivity contribution in [1.82, 2.24) is 4.90 Å². The van der Waals surface area contributed by atoms with E-state index in [4.69, 9.17) is 0 Å². The summed E-state index contributed by atoms with van der Waals surface area (Å²) >= 11 is 0. The highest BCUT2D eigenvalue weighted by Gasteiger charge is 2.56. The second-order valence-corrected chi connectivity index (χ2v) is 5.52. The molecule has 0 fully saturated rings. The van der Waals surface area contributed by atoms with Crippen molar-refractivity contribution in [3.05, 3.63) is 34.9 Å². The van der Waals surface area contributed by atoms with Gasteiger partial charge in [0.2, 0.25) is 0 Å². The molecule has 1 amide bonds. The lowest BCUT2D eigenvalue weighted by Crippen LogP contribution is -2.43. The third kappa shape index (κ3) is 2.92. The number of aryl methyl sites for hydroxylation is 1. The lowest BCUT2D eigenvalue weighted by atomic mass is 9.90. The first kappa shape index (κ1) is 17.3. The number of nitrogens with zero attached hydrogens (tertiary/aromatic N) is 1. The third-order valence-corrected chi connectivity index (χ3v) is 4.02. The minimum absolute atomic E-state index is 0.140. The summed E-state index contributed by atoms with van der Waals surface area (Å²) < 4.78 is 44.9. The molecule has 1 heterocycles. The van der Waals surface area contributed by atoms with Crippen LogP contribution in [-0.4, -0.2) is 36.6 Å². The Labute approximate surface area is 132 Å². The molecule has 1 aromatic rings. The number of amides is 1. The van der Waals surface area contributed by atoms with Crippen LogP contribution in [0.5, 0.6) is 0 Å². The van der Waals surface area contributed by atoms with E-state index in [0.717, 1.165) is 12.0 Å². The standard InChI is InChI=1S/C16H18F3NO3/c1-4-8-20-13(12(15(22)23-3)16(17,18)19)10-7-5-6-9(2)11(10)14(20)21/h5-7,12-13H,4,8H2,1-3H3. The van der Waals surface area contributed by atoms with E-state index in [1.54, 1.807) is 26.0 Å². The van der Waals surface area contributed by atoms with Gasteiger partial charge in [0.25, 0.3) is 5.91 Å². The van der Waals surface area contributed by atoms with E-state index in [-0.39, 0.29) is 17.7 Å². The maximum atomic E-state index is 13.5. The van der Waals surface area contributed by atoms with Crippen LogP contribution in [0.1, 0.15) is 40.9 Å². The van der Waals surface area contributed by atoms with Gasteiger partial charge in [0.05, 0.1) is 13.2 Å². The number of carbonyl (C=O) groups is 2. The molecule has 7 heteroatoms. The van der Waals surface area contributed by atoms with Crippen molar-refractivity contribution >= 4 is 11.9 Å². The zero-order valence-corrected chi connectivity index (χ0v) is 13.1. The number of hydrogen-bond donors (Lipinski definition) is 0. The Bertz CT molecular complexity index is 627. The molecule has 2 rings (SSSR count). The Balaban J connectivity index is 2.63. The highest BCUT2D eigenvalue weighted by Crippen LogP contribution is 2.46. The van der Waals surface area contributed by atoms with Gasteiger partial charge in [0.15, 0.2) is 5.92 Å². The lowest BCUT2D eigenvalue weighted by molar-refractivity contribution is -0.206. The molecule has 0 aromatic heterocycles. The Morgan fingerprint density at radius 1 is 1.39 bits per heavy atom. The zero-order valence-electron chi connectivity index (χ0n) is 13.1. The van der Waals surface area contributed by atoms with E-state index in [0.29, 0.717) is 12.0 Å². The average molecular weight is 329 g/mol. The summed E-state index contributed by atoms with van der Waals surface area (Å²) in [4.78, 5) is 25.5. The van der Waals surface area contributed by atoms with Crippen LogP contribution in [0.15, 0.2) is 18.2 Å². The van der Waals surface area contributed by atoms with Crippen molar-refractivity contribution in [2.75, 3.05) is 13.7 Å². The predicted octanol–water partition coefficient (Wildman–Crippen LogP) is 3.25. The van der Waals surface area contributed by atoms with E-state index in [1.807, 2.05) is 0 Å². The SMILES string of the molecule is CCCN1C(=O)c2c(C)cccc2C1C(C(=O)OC)C(F)(F)F. The Hall–Kier alpha value is -2.05. The summed E-state index contributed by atoms with van der Waals surface area (Å²) in [5, 5.41) is 0. The summed E-state index contributed by atoms with van der Waals surface area (Å²) in [6.07, 6.45) is -4.32. The molecule has 0 saturated carbocycles. The van der Waals surface area contributed by atoms with E-state index < -0.39 is 30.0 Å². The normalized spacial score (nSPS) is 18.8. The van der Waals surface area contributed by atoms with Gasteiger partial charge in [0.1, 0.15) is 0 Å². The van der Waals surface area contributed by atoms with Crippen LogP contribution in [0.25, 0.3) is 0 Å². The zero-order chi connectivity index (χ0) is 17.4. The van der Waals surface area contributed by atoms with Crippen LogP contribution in [-0.2, 0) is 9.53 Å². The van der Waals surface area contributed by atoms with E-state index in [1.165, 1.54) is 6.07 Å². The predicted molar refractivity (Wildman–Crippen MR) is 76.8 cm³/mol. The minimum Gasteiger partial charge on any atom is -0.468 e. The monoisotopic (exact) mass is 329 g/mol. The fourth-order valence-corrected chi connectivity index (χ4v) is 3.08. The summed E-state index contributed by atoms with van der Waals surface area (Å²) in [5.41, 5.74) is 1.09. The van der Waals surface area contributed by atoms with Crippen molar-refractivity contribution in [2.45, 2.75) is 32.5 Å². The molecule has 0 N–H and O–H groups in total. The lowest BCUT2D eigenvalue weighted by Gasteiger charge is -2.31. The summed E-state index contributed by atoms with van der Waals surface area (Å²) in [6, 6.07) is 3.35. The number of ether oxygens (including phenoxy) is 1. The first-order valence-corrected chi connectivity index (χ1v) is 7.29. The molecule has 1 aliphatic rings. The molecule has 2 atom stereocenters. The van der Waals surface area contributed by atoms with Crippen LogP contribution in [0, 0.1) is 12.8 Å². The number of halogens is 3. The maximum absolute atomic E-state index is 13.5. The number of methoxy groups -OCH3 is 1. The van der Waals surface area contributed by atoms with Crippen molar-refractivity contribution in [1.29, 1.82) is 0 Å². The van der Waals surface area contributed by atoms with Crippen LogP contribution in [0.3, 0.4) is 0 Å². The van der Waals surface area contributed by atoms with Crippen LogP contribution in [0.2, 0.25) is 0 Å². The first-order valence-electron chi connectivity index (χ1n) is 7.29. The number of esters is 1. The number of benzene rings is 1. The van der Waals surface area contributed by atoms with Crippen LogP contribution in [0.4, 0.5) is 13.2 Å². The smallest absolute Gasteiger partial charge is 0.404 e. The van der Waals surface area contributed by atoms with Gasteiger partial charge < -0.3 is 9.64 Å². The largest absolute Gasteiger partial charge is 0.468 e. The third-order valence-electron chi connectivity index (χ3n) is 4.02. The van der Waals surface area contributed by atoms with Gasteiger partial charge in [-0.2, -0.15) is 13.2 Å². The van der Waals surface area contributed by atoms with Crippen LogP contribution < -0.4 is 0 Å². The molecule has 0 spiro atoms. The molecular formula is C16H18F3NO3. The number of fused-ring (bicyclic) bond motifs is 1. The molecule has 2 unspecified atom stereocenters. The molecule has 0 radical (unpaired) electrons.